The summed E-state index contributed by atoms with van der Waals surface area (Å²) in [6.07, 6.45) is 6.35. The van der Waals surface area contributed by atoms with Crippen LogP contribution in [0, 0.1) is 5.92 Å². The Morgan fingerprint density at radius 1 is 1.00 bits per heavy atom. The van der Waals surface area contributed by atoms with E-state index in [2.05, 4.69) is 10.2 Å². The molecule has 1 saturated carbocycles. The van der Waals surface area contributed by atoms with Crippen molar-refractivity contribution in [3.05, 3.63) is 23.8 Å². The number of aromatic hydroxyl groups is 2. The fourth-order valence-electron chi connectivity index (χ4n) is 3.94. The average Bonchev–Trinajstić information content (AvgIpc) is 2.53. The highest BCUT2D eigenvalue weighted by atomic mass is 35.5. The van der Waals surface area contributed by atoms with Crippen molar-refractivity contribution in [3.63, 3.8) is 0 Å². The molecular formula is C17H28Cl2N2O2. The Hall–Kier alpha value is -0.680. The second kappa shape index (κ2) is 9.58. The highest BCUT2D eigenvalue weighted by Crippen LogP contribution is 2.42. The molecule has 2 fully saturated rings. The summed E-state index contributed by atoms with van der Waals surface area (Å²) in [4.78, 5) is 2.49. The van der Waals surface area contributed by atoms with Gasteiger partial charge in [0.15, 0.2) is 0 Å². The van der Waals surface area contributed by atoms with E-state index >= 15 is 0 Å². The molecule has 132 valence electrons. The zero-order valence-electron chi connectivity index (χ0n) is 13.4. The van der Waals surface area contributed by atoms with E-state index in [0.717, 1.165) is 31.7 Å². The molecule has 0 aromatic heterocycles. The van der Waals surface area contributed by atoms with E-state index in [1.54, 1.807) is 18.2 Å². The highest BCUT2D eigenvalue weighted by Gasteiger charge is 2.32. The lowest BCUT2D eigenvalue weighted by Gasteiger charge is -2.41. The fourth-order valence-corrected chi connectivity index (χ4v) is 3.94. The molecule has 0 spiro atoms. The summed E-state index contributed by atoms with van der Waals surface area (Å²) in [5.41, 5.74) is 0.906. The van der Waals surface area contributed by atoms with Crippen LogP contribution in [-0.4, -0.2) is 41.3 Å². The third kappa shape index (κ3) is 4.90. The fraction of sp³-hybridized carbons (Fsp3) is 0.647. The standard InChI is InChI=1S/C17H26N2O2.2ClH/c20-14-6-7-16(21)15(12-14)17(13-4-2-1-3-5-13)19-10-8-18-9-11-19;;/h6-7,12-13,17-18,20-21H,1-5,8-11H2;2*1H/t17-;;/m1../s1. The van der Waals surface area contributed by atoms with Gasteiger partial charge in [0.1, 0.15) is 11.5 Å². The summed E-state index contributed by atoms with van der Waals surface area (Å²) >= 11 is 0. The third-order valence-electron chi connectivity index (χ3n) is 4.97. The molecule has 1 aliphatic carbocycles. The maximum Gasteiger partial charge on any atom is 0.120 e. The first-order valence-electron chi connectivity index (χ1n) is 8.22. The van der Waals surface area contributed by atoms with Crippen LogP contribution in [0.2, 0.25) is 0 Å². The van der Waals surface area contributed by atoms with E-state index in [0.29, 0.717) is 11.7 Å². The summed E-state index contributed by atoms with van der Waals surface area (Å²) in [6.45, 7) is 4.03. The van der Waals surface area contributed by atoms with E-state index in [9.17, 15) is 10.2 Å². The van der Waals surface area contributed by atoms with Gasteiger partial charge in [0.2, 0.25) is 0 Å². The van der Waals surface area contributed by atoms with Crippen molar-refractivity contribution in [2.75, 3.05) is 26.2 Å². The molecule has 3 N–H and O–H groups in total. The van der Waals surface area contributed by atoms with E-state index in [-0.39, 0.29) is 36.6 Å². The molecule has 23 heavy (non-hydrogen) atoms. The molecule has 1 atom stereocenters. The number of benzene rings is 1. The Kier molecular flexibility index (Phi) is 8.48. The number of phenols is 2. The van der Waals surface area contributed by atoms with Gasteiger partial charge in [-0.3, -0.25) is 4.90 Å². The van der Waals surface area contributed by atoms with Crippen molar-refractivity contribution < 1.29 is 10.2 Å². The largest absolute Gasteiger partial charge is 0.508 e. The van der Waals surface area contributed by atoms with Gasteiger partial charge in [-0.15, -0.1) is 24.8 Å². The zero-order chi connectivity index (χ0) is 14.7. The van der Waals surface area contributed by atoms with Gasteiger partial charge in [-0.25, -0.2) is 0 Å². The third-order valence-corrected chi connectivity index (χ3v) is 4.97. The van der Waals surface area contributed by atoms with Crippen LogP contribution in [0.25, 0.3) is 0 Å². The van der Waals surface area contributed by atoms with Crippen LogP contribution >= 0.6 is 24.8 Å². The molecule has 1 aromatic rings. The van der Waals surface area contributed by atoms with Crippen molar-refractivity contribution in [1.82, 2.24) is 10.2 Å². The van der Waals surface area contributed by atoms with Crippen molar-refractivity contribution in [2.45, 2.75) is 38.1 Å². The number of rotatable bonds is 3. The Morgan fingerprint density at radius 2 is 1.65 bits per heavy atom. The maximum atomic E-state index is 10.3. The minimum absolute atomic E-state index is 0. The molecule has 1 heterocycles. The van der Waals surface area contributed by atoms with Gasteiger partial charge in [0, 0.05) is 37.8 Å². The molecule has 1 aromatic carbocycles. The topological polar surface area (TPSA) is 55.7 Å². The van der Waals surface area contributed by atoms with Crippen LogP contribution in [0.5, 0.6) is 11.5 Å². The SMILES string of the molecule is Cl.Cl.Oc1ccc(O)c([C@@H](C2CCCCC2)N2CCNCC2)c1. The maximum absolute atomic E-state index is 10.3. The monoisotopic (exact) mass is 362 g/mol. The number of nitrogens with zero attached hydrogens (tertiary/aromatic N) is 1. The van der Waals surface area contributed by atoms with Crippen LogP contribution < -0.4 is 5.32 Å². The number of halogens is 2. The molecule has 1 aliphatic heterocycles. The minimum atomic E-state index is 0. The van der Waals surface area contributed by atoms with E-state index in [1.165, 1.54) is 32.1 Å². The molecule has 0 bridgehead atoms. The molecule has 0 unspecified atom stereocenters. The summed E-state index contributed by atoms with van der Waals surface area (Å²) in [5.74, 6) is 1.16. The quantitative estimate of drug-likeness (QED) is 0.720. The smallest absolute Gasteiger partial charge is 0.120 e. The predicted molar refractivity (Wildman–Crippen MR) is 98.0 cm³/mol. The van der Waals surface area contributed by atoms with Crippen LogP contribution in [0.3, 0.4) is 0 Å². The Balaban J connectivity index is 0.00000132. The molecule has 4 nitrogen and oxygen atoms in total. The highest BCUT2D eigenvalue weighted by molar-refractivity contribution is 5.85. The van der Waals surface area contributed by atoms with Gasteiger partial charge in [0.05, 0.1) is 0 Å². The number of hydrogen-bond donors (Lipinski definition) is 3. The van der Waals surface area contributed by atoms with Crippen molar-refractivity contribution in [2.24, 2.45) is 5.92 Å². The lowest BCUT2D eigenvalue weighted by atomic mass is 9.80. The van der Waals surface area contributed by atoms with Gasteiger partial charge < -0.3 is 15.5 Å². The van der Waals surface area contributed by atoms with Gasteiger partial charge in [-0.2, -0.15) is 0 Å². The molecular weight excluding hydrogens is 335 g/mol. The summed E-state index contributed by atoms with van der Waals surface area (Å²) in [7, 11) is 0. The van der Waals surface area contributed by atoms with E-state index in [1.807, 2.05) is 0 Å². The average molecular weight is 363 g/mol. The molecule has 0 amide bonds. The molecule has 6 heteroatoms. The number of nitrogens with one attached hydrogen (secondary N) is 1. The van der Waals surface area contributed by atoms with E-state index in [4.69, 9.17) is 0 Å². The lowest BCUT2D eigenvalue weighted by molar-refractivity contribution is 0.101. The van der Waals surface area contributed by atoms with Crippen LogP contribution in [-0.2, 0) is 0 Å². The van der Waals surface area contributed by atoms with Gasteiger partial charge >= 0.3 is 0 Å². The van der Waals surface area contributed by atoms with Gasteiger partial charge in [-0.1, -0.05) is 19.3 Å². The number of piperazine rings is 1. The molecule has 1 saturated heterocycles. The first-order valence-corrected chi connectivity index (χ1v) is 8.22. The number of hydrogen-bond acceptors (Lipinski definition) is 4. The first-order chi connectivity index (χ1) is 10.3. The number of phenolic OH excluding ortho intramolecular Hbond substituents is 2. The second-order valence-electron chi connectivity index (χ2n) is 6.37. The summed E-state index contributed by atoms with van der Waals surface area (Å²) in [5, 5.41) is 23.6. The summed E-state index contributed by atoms with van der Waals surface area (Å²) < 4.78 is 0. The van der Waals surface area contributed by atoms with Gasteiger partial charge in [0.25, 0.3) is 0 Å². The predicted octanol–water partition coefficient (Wildman–Crippen LogP) is 3.47. The van der Waals surface area contributed by atoms with Crippen molar-refractivity contribution in [3.8, 4) is 11.5 Å². The first kappa shape index (κ1) is 20.4. The minimum Gasteiger partial charge on any atom is -0.508 e. The van der Waals surface area contributed by atoms with Gasteiger partial charge in [-0.05, 0) is 37.0 Å². The Bertz CT molecular complexity index is 458. The lowest BCUT2D eigenvalue weighted by Crippen LogP contribution is -2.47. The van der Waals surface area contributed by atoms with E-state index < -0.39 is 0 Å². The van der Waals surface area contributed by atoms with Crippen LogP contribution in [0.4, 0.5) is 0 Å². The Labute approximate surface area is 151 Å². The van der Waals surface area contributed by atoms with Crippen molar-refractivity contribution in [1.29, 1.82) is 0 Å². The normalized spacial score (nSPS) is 21.0. The second-order valence-corrected chi connectivity index (χ2v) is 6.37. The molecule has 2 aliphatic rings. The zero-order valence-corrected chi connectivity index (χ0v) is 15.0. The van der Waals surface area contributed by atoms with Crippen LogP contribution in [0.1, 0.15) is 43.7 Å². The molecule has 0 radical (unpaired) electrons. The summed E-state index contributed by atoms with van der Waals surface area (Å²) in [6, 6.07) is 5.19. The van der Waals surface area contributed by atoms with Crippen LogP contribution in [0.15, 0.2) is 18.2 Å². The van der Waals surface area contributed by atoms with Crippen molar-refractivity contribution >= 4 is 24.8 Å². The molecule has 3 rings (SSSR count). The Morgan fingerprint density at radius 3 is 2.30 bits per heavy atom.